The van der Waals surface area contributed by atoms with Crippen LogP contribution in [0.4, 0.5) is 4.39 Å². The second kappa shape index (κ2) is 7.28. The number of hydrogen-bond acceptors (Lipinski definition) is 3. The van der Waals surface area contributed by atoms with E-state index >= 15 is 0 Å². The van der Waals surface area contributed by atoms with Crippen LogP contribution in [0.3, 0.4) is 0 Å². The maximum absolute atomic E-state index is 14.0. The summed E-state index contributed by atoms with van der Waals surface area (Å²) in [6.45, 7) is 0. The second-order valence-corrected chi connectivity index (χ2v) is 7.14. The van der Waals surface area contributed by atoms with Gasteiger partial charge in [0, 0.05) is 9.81 Å². The van der Waals surface area contributed by atoms with Crippen molar-refractivity contribution in [2.24, 2.45) is 0 Å². The first-order valence-corrected chi connectivity index (χ1v) is 9.47. The van der Waals surface area contributed by atoms with Crippen molar-refractivity contribution in [1.29, 1.82) is 5.26 Å². The Morgan fingerprint density at radius 1 is 1.22 bits per heavy atom. The summed E-state index contributed by atoms with van der Waals surface area (Å²) in [5.74, 6) is 0.307. The number of nitriles is 1. The van der Waals surface area contributed by atoms with Crippen LogP contribution in [0.15, 0.2) is 48.5 Å². The van der Waals surface area contributed by atoms with E-state index in [-0.39, 0.29) is 11.9 Å². The molecule has 116 valence electrons. The fourth-order valence-corrected chi connectivity index (χ4v) is 3.92. The molecule has 0 N–H and O–H groups in total. The average Bonchev–Trinajstić information content (AvgIpc) is 3.03. The third-order valence-corrected chi connectivity index (χ3v) is 5.19. The van der Waals surface area contributed by atoms with Crippen molar-refractivity contribution in [1.82, 2.24) is 0 Å². The van der Waals surface area contributed by atoms with Crippen molar-refractivity contribution in [3.63, 3.8) is 0 Å². The van der Waals surface area contributed by atoms with Crippen molar-refractivity contribution in [2.75, 3.05) is 4.43 Å². The highest BCUT2D eigenvalue weighted by Crippen LogP contribution is 2.37. The highest BCUT2D eigenvalue weighted by molar-refractivity contribution is 14.1. The van der Waals surface area contributed by atoms with Crippen molar-refractivity contribution >= 4 is 44.0 Å². The van der Waals surface area contributed by atoms with Crippen molar-refractivity contribution in [2.45, 2.75) is 12.5 Å². The lowest BCUT2D eigenvalue weighted by Gasteiger charge is -2.19. The van der Waals surface area contributed by atoms with Crippen molar-refractivity contribution in [3.05, 3.63) is 64.8 Å². The van der Waals surface area contributed by atoms with Crippen LogP contribution in [-0.4, -0.2) is 4.43 Å². The molecule has 2 nitrogen and oxygen atoms in total. The molecule has 0 amide bonds. The minimum absolute atomic E-state index is 0.0885. The molecule has 0 radical (unpaired) electrons. The van der Waals surface area contributed by atoms with E-state index in [2.05, 4.69) is 28.7 Å². The molecule has 1 aromatic heterocycles. The van der Waals surface area contributed by atoms with Gasteiger partial charge in [-0.05, 0) is 30.2 Å². The number of alkyl halides is 1. The van der Waals surface area contributed by atoms with Crippen LogP contribution in [0.1, 0.15) is 23.0 Å². The molecule has 0 fully saturated rings. The largest absolute Gasteiger partial charge is 0.484 e. The van der Waals surface area contributed by atoms with E-state index in [1.807, 2.05) is 30.3 Å². The third-order valence-electron chi connectivity index (χ3n) is 3.52. The van der Waals surface area contributed by atoms with Crippen molar-refractivity contribution in [3.8, 4) is 11.8 Å². The molecule has 0 aliphatic carbocycles. The van der Waals surface area contributed by atoms with Gasteiger partial charge < -0.3 is 4.74 Å². The maximum atomic E-state index is 14.0. The van der Waals surface area contributed by atoms with Crippen LogP contribution in [0, 0.1) is 17.1 Å². The fraction of sp³-hybridized carbons (Fsp3) is 0.167. The molecule has 0 aliphatic rings. The van der Waals surface area contributed by atoms with Crippen molar-refractivity contribution < 1.29 is 9.13 Å². The summed E-state index contributed by atoms with van der Waals surface area (Å²) in [4.78, 5) is 0.486. The number of thiophene rings is 1. The lowest BCUT2D eigenvalue weighted by molar-refractivity contribution is 0.206. The summed E-state index contributed by atoms with van der Waals surface area (Å²) in [7, 11) is 0. The van der Waals surface area contributed by atoms with Gasteiger partial charge in [0.1, 0.15) is 28.6 Å². The Kier molecular flexibility index (Phi) is 5.13. The van der Waals surface area contributed by atoms with E-state index in [0.717, 1.165) is 16.4 Å². The molecule has 3 aromatic rings. The molecule has 0 spiro atoms. The summed E-state index contributed by atoms with van der Waals surface area (Å²) >= 11 is 3.59. The molecule has 1 atom stereocenters. The minimum atomic E-state index is -0.324. The monoisotopic (exact) mass is 437 g/mol. The molecule has 2 aromatic carbocycles. The zero-order chi connectivity index (χ0) is 16.2. The van der Waals surface area contributed by atoms with E-state index in [1.165, 1.54) is 17.4 Å². The van der Waals surface area contributed by atoms with Crippen LogP contribution in [0.25, 0.3) is 10.1 Å². The molecule has 0 aliphatic heterocycles. The van der Waals surface area contributed by atoms with Gasteiger partial charge >= 0.3 is 0 Å². The highest BCUT2D eigenvalue weighted by atomic mass is 127. The van der Waals surface area contributed by atoms with Crippen LogP contribution < -0.4 is 4.74 Å². The summed E-state index contributed by atoms with van der Waals surface area (Å²) in [6, 6.07) is 16.7. The number of halogens is 2. The quantitative estimate of drug-likeness (QED) is 0.370. The van der Waals surface area contributed by atoms with Crippen LogP contribution in [0.5, 0.6) is 5.75 Å². The topological polar surface area (TPSA) is 33.0 Å². The van der Waals surface area contributed by atoms with Crippen LogP contribution in [-0.2, 0) is 0 Å². The van der Waals surface area contributed by atoms with Gasteiger partial charge in [0.05, 0.1) is 4.70 Å². The zero-order valence-electron chi connectivity index (χ0n) is 12.1. The highest BCUT2D eigenvalue weighted by Gasteiger charge is 2.17. The Hall–Kier alpha value is -1.65. The molecular formula is C18H13FINOS. The SMILES string of the molecule is N#Cc1cc2c(F)ccc(O[C@@H](CCI)c3ccccc3)c2s1. The standard InChI is InChI=1S/C18H13FINOS/c19-15-6-7-17(18-14(15)10-13(11-21)23-18)22-16(8-9-20)12-4-2-1-3-5-12/h1-7,10,16H,8-9H2/t16-/m0/s1. The third kappa shape index (κ3) is 3.48. The number of benzene rings is 2. The van der Waals surface area contributed by atoms with Crippen LogP contribution in [0.2, 0.25) is 0 Å². The Morgan fingerprint density at radius 3 is 2.70 bits per heavy atom. The summed E-state index contributed by atoms with van der Waals surface area (Å²) in [5.41, 5.74) is 1.10. The molecule has 0 unspecified atom stereocenters. The normalized spacial score (nSPS) is 12.0. The first-order valence-electron chi connectivity index (χ1n) is 7.12. The van der Waals surface area contributed by atoms with E-state index in [9.17, 15) is 4.39 Å². The van der Waals surface area contributed by atoms with Gasteiger partial charge in [0.15, 0.2) is 0 Å². The zero-order valence-corrected chi connectivity index (χ0v) is 15.1. The Bertz CT molecular complexity index is 857. The maximum Gasteiger partial charge on any atom is 0.138 e. The Morgan fingerprint density at radius 2 is 2.00 bits per heavy atom. The molecule has 0 saturated carbocycles. The summed E-state index contributed by atoms with van der Waals surface area (Å²) < 4.78 is 21.8. The molecule has 0 bridgehead atoms. The van der Waals surface area contributed by atoms with Gasteiger partial charge in [-0.15, -0.1) is 11.3 Å². The molecule has 0 saturated heterocycles. The number of ether oxygens (including phenoxy) is 1. The first kappa shape index (κ1) is 16.2. The van der Waals surface area contributed by atoms with Crippen LogP contribution >= 0.6 is 33.9 Å². The second-order valence-electron chi connectivity index (χ2n) is 5.01. The van der Waals surface area contributed by atoms with E-state index < -0.39 is 0 Å². The number of hydrogen-bond donors (Lipinski definition) is 0. The van der Waals surface area contributed by atoms with E-state index in [1.54, 1.807) is 12.1 Å². The number of fused-ring (bicyclic) bond motifs is 1. The number of rotatable bonds is 5. The smallest absolute Gasteiger partial charge is 0.138 e. The predicted molar refractivity (Wildman–Crippen MR) is 99.8 cm³/mol. The van der Waals surface area contributed by atoms with E-state index in [0.29, 0.717) is 20.7 Å². The van der Waals surface area contributed by atoms with Gasteiger partial charge in [-0.3, -0.25) is 0 Å². The van der Waals surface area contributed by atoms with E-state index in [4.69, 9.17) is 10.00 Å². The Balaban J connectivity index is 2.01. The molecule has 5 heteroatoms. The lowest BCUT2D eigenvalue weighted by atomic mass is 10.1. The van der Waals surface area contributed by atoms with Gasteiger partial charge in [0.2, 0.25) is 0 Å². The molecular weight excluding hydrogens is 424 g/mol. The Labute approximate surface area is 151 Å². The van der Waals surface area contributed by atoms with Gasteiger partial charge in [0.25, 0.3) is 0 Å². The average molecular weight is 437 g/mol. The molecule has 23 heavy (non-hydrogen) atoms. The summed E-state index contributed by atoms with van der Waals surface area (Å²) in [6.07, 6.45) is 0.773. The minimum Gasteiger partial charge on any atom is -0.484 e. The fourth-order valence-electron chi connectivity index (χ4n) is 2.43. The van der Waals surface area contributed by atoms with Gasteiger partial charge in [-0.25, -0.2) is 4.39 Å². The molecule has 1 heterocycles. The van der Waals surface area contributed by atoms with Gasteiger partial charge in [-0.2, -0.15) is 5.26 Å². The lowest BCUT2D eigenvalue weighted by Crippen LogP contribution is -2.08. The van der Waals surface area contributed by atoms with Gasteiger partial charge in [-0.1, -0.05) is 52.9 Å². The molecule has 3 rings (SSSR count). The summed E-state index contributed by atoms with van der Waals surface area (Å²) in [5, 5.41) is 9.51. The first-order chi connectivity index (χ1) is 11.2. The predicted octanol–water partition coefficient (Wildman–Crippen LogP) is 5.86. The number of nitrogens with zero attached hydrogens (tertiary/aromatic N) is 1.